The predicted octanol–water partition coefficient (Wildman–Crippen LogP) is 4.50. The third-order valence-corrected chi connectivity index (χ3v) is 4.18. The Bertz CT molecular complexity index is 783. The Hall–Kier alpha value is -2.24. The van der Waals surface area contributed by atoms with E-state index in [0.717, 1.165) is 4.88 Å². The van der Waals surface area contributed by atoms with Crippen LogP contribution in [0.5, 0.6) is 5.75 Å². The lowest BCUT2D eigenvalue weighted by molar-refractivity contribution is 0.0919. The fraction of sp³-hybridized carbons (Fsp3) is 0.118. The second kappa shape index (κ2) is 7.35. The van der Waals surface area contributed by atoms with Gasteiger partial charge in [-0.2, -0.15) is 0 Å². The molecule has 0 atom stereocenters. The molecular formula is C17H14ClNO3S. The van der Waals surface area contributed by atoms with Gasteiger partial charge in [-0.25, -0.2) is 0 Å². The first-order valence-electron chi connectivity index (χ1n) is 6.98. The normalized spacial score (nSPS) is 10.5. The van der Waals surface area contributed by atoms with E-state index in [-0.39, 0.29) is 18.3 Å². The van der Waals surface area contributed by atoms with Crippen molar-refractivity contribution in [3.63, 3.8) is 0 Å². The van der Waals surface area contributed by atoms with Crippen LogP contribution in [0.25, 0.3) is 0 Å². The summed E-state index contributed by atoms with van der Waals surface area (Å²) in [4.78, 5) is 13.1. The molecule has 23 heavy (non-hydrogen) atoms. The van der Waals surface area contributed by atoms with Crippen LogP contribution in [0.2, 0.25) is 5.02 Å². The van der Waals surface area contributed by atoms with Crippen LogP contribution >= 0.6 is 22.9 Å². The lowest BCUT2D eigenvalue weighted by Gasteiger charge is -2.04. The first kappa shape index (κ1) is 15.6. The summed E-state index contributed by atoms with van der Waals surface area (Å²) in [6.45, 7) is 0.726. The number of amides is 1. The molecule has 0 saturated heterocycles. The highest BCUT2D eigenvalue weighted by Crippen LogP contribution is 2.19. The Morgan fingerprint density at radius 1 is 1.22 bits per heavy atom. The van der Waals surface area contributed by atoms with Crippen LogP contribution in [0.4, 0.5) is 0 Å². The number of carbonyl (C=O) groups excluding carboxylic acids is 1. The molecular weight excluding hydrogens is 334 g/mol. The zero-order chi connectivity index (χ0) is 16.1. The van der Waals surface area contributed by atoms with E-state index in [2.05, 4.69) is 5.32 Å². The summed E-state index contributed by atoms with van der Waals surface area (Å²) in [6, 6.07) is 14.4. The summed E-state index contributed by atoms with van der Waals surface area (Å²) in [7, 11) is 0. The quantitative estimate of drug-likeness (QED) is 0.714. The third-order valence-electron chi connectivity index (χ3n) is 3.07. The van der Waals surface area contributed by atoms with E-state index in [1.54, 1.807) is 35.6 Å². The van der Waals surface area contributed by atoms with Crippen LogP contribution in [-0.4, -0.2) is 5.91 Å². The van der Waals surface area contributed by atoms with Gasteiger partial charge in [0.2, 0.25) is 0 Å². The average molecular weight is 348 g/mol. The molecule has 2 aromatic heterocycles. The minimum Gasteiger partial charge on any atom is -0.486 e. The Morgan fingerprint density at radius 3 is 2.91 bits per heavy atom. The molecule has 1 aromatic carbocycles. The third kappa shape index (κ3) is 4.37. The number of nitrogens with one attached hydrogen (secondary N) is 1. The lowest BCUT2D eigenvalue weighted by atomic mass is 10.3. The van der Waals surface area contributed by atoms with Crippen molar-refractivity contribution in [3.05, 3.63) is 75.3 Å². The van der Waals surface area contributed by atoms with Crippen LogP contribution in [0.3, 0.4) is 0 Å². The van der Waals surface area contributed by atoms with Gasteiger partial charge in [0.1, 0.15) is 18.1 Å². The van der Waals surface area contributed by atoms with Crippen molar-refractivity contribution in [2.45, 2.75) is 13.2 Å². The van der Waals surface area contributed by atoms with Crippen LogP contribution in [0.15, 0.2) is 58.3 Å². The van der Waals surface area contributed by atoms with E-state index in [1.165, 1.54) is 0 Å². The summed E-state index contributed by atoms with van der Waals surface area (Å²) < 4.78 is 11.1. The van der Waals surface area contributed by atoms with E-state index in [0.29, 0.717) is 23.1 Å². The van der Waals surface area contributed by atoms with Crippen LogP contribution in [-0.2, 0) is 13.2 Å². The SMILES string of the molecule is O=C(NCc1cccs1)c1ccc(COc2cccc(Cl)c2)o1. The van der Waals surface area contributed by atoms with Gasteiger partial charge in [-0.15, -0.1) is 11.3 Å². The minimum absolute atomic E-state index is 0.235. The average Bonchev–Trinajstić information content (AvgIpc) is 3.22. The minimum atomic E-state index is -0.243. The second-order valence-corrected chi connectivity index (χ2v) is 6.24. The molecule has 0 radical (unpaired) electrons. The Labute approximate surface area is 142 Å². The number of carbonyl (C=O) groups is 1. The molecule has 1 amide bonds. The highest BCUT2D eigenvalue weighted by molar-refractivity contribution is 7.09. The summed E-state index contributed by atoms with van der Waals surface area (Å²) >= 11 is 7.49. The molecule has 0 aliphatic heterocycles. The predicted molar refractivity (Wildman–Crippen MR) is 90.0 cm³/mol. The summed E-state index contributed by atoms with van der Waals surface area (Å²) in [5.41, 5.74) is 0. The summed E-state index contributed by atoms with van der Waals surface area (Å²) in [5.74, 6) is 1.25. The van der Waals surface area contributed by atoms with E-state index >= 15 is 0 Å². The van der Waals surface area contributed by atoms with Gasteiger partial charge >= 0.3 is 0 Å². The van der Waals surface area contributed by atoms with Gasteiger partial charge in [-0.05, 0) is 41.8 Å². The molecule has 0 spiro atoms. The van der Waals surface area contributed by atoms with Crippen LogP contribution in [0, 0.1) is 0 Å². The largest absolute Gasteiger partial charge is 0.486 e. The molecule has 3 rings (SSSR count). The van der Waals surface area contributed by atoms with Gasteiger partial charge in [0.05, 0.1) is 6.54 Å². The number of furan rings is 1. The maximum atomic E-state index is 12.0. The fourth-order valence-corrected chi connectivity index (χ4v) is 2.78. The molecule has 3 aromatic rings. The fourth-order valence-electron chi connectivity index (χ4n) is 1.96. The van der Waals surface area contributed by atoms with Crippen molar-refractivity contribution in [2.75, 3.05) is 0 Å². The van der Waals surface area contributed by atoms with E-state index in [1.807, 2.05) is 29.6 Å². The zero-order valence-corrected chi connectivity index (χ0v) is 13.7. The first-order chi connectivity index (χ1) is 11.2. The summed E-state index contributed by atoms with van der Waals surface area (Å²) in [6.07, 6.45) is 0. The van der Waals surface area contributed by atoms with Gasteiger partial charge < -0.3 is 14.5 Å². The lowest BCUT2D eigenvalue weighted by Crippen LogP contribution is -2.21. The number of thiophene rings is 1. The van der Waals surface area contributed by atoms with E-state index in [4.69, 9.17) is 20.8 Å². The maximum Gasteiger partial charge on any atom is 0.287 e. The van der Waals surface area contributed by atoms with Crippen molar-refractivity contribution in [1.82, 2.24) is 5.32 Å². The molecule has 0 saturated carbocycles. The molecule has 0 aliphatic carbocycles. The molecule has 1 N–H and O–H groups in total. The maximum absolute atomic E-state index is 12.0. The zero-order valence-electron chi connectivity index (χ0n) is 12.1. The van der Waals surface area contributed by atoms with Crippen molar-refractivity contribution in [1.29, 1.82) is 0 Å². The van der Waals surface area contributed by atoms with Crippen LogP contribution in [0.1, 0.15) is 21.2 Å². The Balaban J connectivity index is 1.54. The second-order valence-electron chi connectivity index (χ2n) is 4.77. The molecule has 6 heteroatoms. The number of rotatable bonds is 6. The number of halogens is 1. The number of benzene rings is 1. The van der Waals surface area contributed by atoms with Gasteiger partial charge in [-0.3, -0.25) is 4.79 Å². The topological polar surface area (TPSA) is 51.5 Å². The highest BCUT2D eigenvalue weighted by atomic mass is 35.5. The molecule has 4 nitrogen and oxygen atoms in total. The standard InChI is InChI=1S/C17H14ClNO3S/c18-12-3-1-4-13(9-12)21-11-14-6-7-16(22-14)17(20)19-10-15-5-2-8-23-15/h1-9H,10-11H2,(H,19,20). The van der Waals surface area contributed by atoms with Gasteiger partial charge in [-0.1, -0.05) is 23.7 Å². The molecule has 118 valence electrons. The molecule has 0 bridgehead atoms. The first-order valence-corrected chi connectivity index (χ1v) is 8.24. The van der Waals surface area contributed by atoms with Gasteiger partial charge in [0.25, 0.3) is 5.91 Å². The van der Waals surface area contributed by atoms with Crippen molar-refractivity contribution in [3.8, 4) is 5.75 Å². The van der Waals surface area contributed by atoms with E-state index < -0.39 is 0 Å². The summed E-state index contributed by atoms with van der Waals surface area (Å²) in [5, 5.41) is 5.39. The Morgan fingerprint density at radius 2 is 2.13 bits per heavy atom. The van der Waals surface area contributed by atoms with E-state index in [9.17, 15) is 4.79 Å². The number of ether oxygens (including phenoxy) is 1. The number of hydrogen-bond donors (Lipinski definition) is 1. The number of hydrogen-bond acceptors (Lipinski definition) is 4. The monoisotopic (exact) mass is 347 g/mol. The highest BCUT2D eigenvalue weighted by Gasteiger charge is 2.11. The van der Waals surface area contributed by atoms with Gasteiger partial charge in [0.15, 0.2) is 5.76 Å². The van der Waals surface area contributed by atoms with Gasteiger partial charge in [0, 0.05) is 9.90 Å². The molecule has 0 aliphatic rings. The molecule has 0 fully saturated rings. The molecule has 0 unspecified atom stereocenters. The smallest absolute Gasteiger partial charge is 0.287 e. The molecule has 2 heterocycles. The van der Waals surface area contributed by atoms with Crippen LogP contribution < -0.4 is 10.1 Å². The van der Waals surface area contributed by atoms with Crippen molar-refractivity contribution < 1.29 is 13.9 Å². The van der Waals surface area contributed by atoms with Crippen molar-refractivity contribution >= 4 is 28.8 Å². The van der Waals surface area contributed by atoms with Crippen molar-refractivity contribution in [2.24, 2.45) is 0 Å². The Kier molecular flexibility index (Phi) is 5.00.